The Morgan fingerprint density at radius 1 is 1.19 bits per heavy atom. The van der Waals surface area contributed by atoms with Gasteiger partial charge >= 0.3 is 0 Å². The van der Waals surface area contributed by atoms with Crippen molar-refractivity contribution in [2.75, 3.05) is 6.54 Å². The van der Waals surface area contributed by atoms with Gasteiger partial charge in [-0.1, -0.05) is 37.1 Å². The van der Waals surface area contributed by atoms with Crippen LogP contribution >= 0.6 is 0 Å². The Labute approximate surface area is 244 Å². The van der Waals surface area contributed by atoms with Crippen LogP contribution in [0.4, 0.5) is 0 Å². The Kier molecular flexibility index (Phi) is 7.28. The molecule has 2 aliphatic carbocycles. The zero-order valence-corrected chi connectivity index (χ0v) is 24.5. The summed E-state index contributed by atoms with van der Waals surface area (Å²) >= 11 is 0. The number of fused-ring (bicyclic) bond motifs is 3. The quantitative estimate of drug-likeness (QED) is 0.375. The summed E-state index contributed by atoms with van der Waals surface area (Å²) in [5.41, 5.74) is 6.42. The number of carbonyl (C=O) groups is 3. The number of nitrogens with two attached hydrogens (primary N) is 1. The number of carbonyl (C=O) groups excluding carboxylic acids is 3. The van der Waals surface area contributed by atoms with Crippen molar-refractivity contribution in [3.8, 4) is 6.01 Å². The molecule has 42 heavy (non-hydrogen) atoms. The van der Waals surface area contributed by atoms with Crippen LogP contribution < -0.4 is 20.5 Å². The molecule has 2 aromatic rings. The van der Waals surface area contributed by atoms with Crippen molar-refractivity contribution in [2.45, 2.75) is 93.2 Å². The third-order valence-corrected chi connectivity index (χ3v) is 11.3. The maximum absolute atomic E-state index is 13.9. The number of ether oxygens (including phenoxy) is 1. The molecule has 3 heterocycles. The second-order valence-corrected chi connectivity index (χ2v) is 14.6. The molecule has 0 bridgehead atoms. The van der Waals surface area contributed by atoms with E-state index in [0.717, 1.165) is 36.7 Å². The number of aromatic nitrogens is 2. The van der Waals surface area contributed by atoms with E-state index in [4.69, 9.17) is 10.5 Å². The summed E-state index contributed by atoms with van der Waals surface area (Å²) in [6, 6.07) is 6.02. The van der Waals surface area contributed by atoms with Crippen LogP contribution in [0.15, 0.2) is 36.4 Å². The lowest BCUT2D eigenvalue weighted by Crippen LogP contribution is -2.58. The van der Waals surface area contributed by atoms with Crippen LogP contribution in [0.5, 0.6) is 6.01 Å². The van der Waals surface area contributed by atoms with Crippen LogP contribution in [0.25, 0.3) is 11.0 Å². The van der Waals surface area contributed by atoms with Crippen molar-refractivity contribution >= 4 is 38.8 Å². The summed E-state index contributed by atoms with van der Waals surface area (Å²) in [6.45, 7) is 1.73. The first-order valence-corrected chi connectivity index (χ1v) is 16.2. The molecule has 2 saturated carbocycles. The van der Waals surface area contributed by atoms with Gasteiger partial charge in [-0.25, -0.2) is 8.42 Å². The second-order valence-electron chi connectivity index (χ2n) is 12.4. The van der Waals surface area contributed by atoms with Crippen molar-refractivity contribution < 1.29 is 27.5 Å². The molecule has 6 rings (SSSR count). The van der Waals surface area contributed by atoms with Crippen molar-refractivity contribution in [1.82, 2.24) is 24.9 Å². The van der Waals surface area contributed by atoms with E-state index in [2.05, 4.69) is 20.0 Å². The van der Waals surface area contributed by atoms with E-state index in [1.807, 2.05) is 36.4 Å². The smallest absolute Gasteiger partial charge is 0.294 e. The Morgan fingerprint density at radius 2 is 1.98 bits per heavy atom. The van der Waals surface area contributed by atoms with Crippen molar-refractivity contribution in [2.24, 2.45) is 11.7 Å². The number of allylic oxidation sites excluding steroid dienone is 1. The molecular formula is C29H38N6O6S. The van der Waals surface area contributed by atoms with Gasteiger partial charge in [0.25, 0.3) is 11.9 Å². The van der Waals surface area contributed by atoms with Gasteiger partial charge in [-0.15, -0.1) is 0 Å². The van der Waals surface area contributed by atoms with E-state index in [1.165, 1.54) is 4.90 Å². The van der Waals surface area contributed by atoms with Gasteiger partial charge < -0.3 is 25.7 Å². The molecule has 0 unspecified atom stereocenters. The van der Waals surface area contributed by atoms with Crippen LogP contribution in [0.1, 0.15) is 64.7 Å². The number of nitrogens with zero attached hydrogens (tertiary/aromatic N) is 2. The fraction of sp³-hybridized carbons (Fsp3) is 0.586. The molecule has 226 valence electrons. The highest BCUT2D eigenvalue weighted by atomic mass is 32.2. The maximum atomic E-state index is 13.9. The third kappa shape index (κ3) is 5.39. The first-order valence-electron chi connectivity index (χ1n) is 14.7. The van der Waals surface area contributed by atoms with Crippen molar-refractivity contribution in [1.29, 1.82) is 0 Å². The lowest BCUT2D eigenvalue weighted by molar-refractivity contribution is -0.140. The molecule has 3 fully saturated rings. The number of amides is 3. The topological polar surface area (TPSA) is 177 Å². The highest BCUT2D eigenvalue weighted by Gasteiger charge is 2.63. The number of hydrogen-bond acceptors (Lipinski definition) is 8. The highest BCUT2D eigenvalue weighted by Crippen LogP contribution is 2.47. The number of rotatable bonds is 5. The molecule has 1 aromatic heterocycles. The average Bonchev–Trinajstić information content (AvgIpc) is 3.76. The lowest BCUT2D eigenvalue weighted by Gasteiger charge is -2.28. The zero-order valence-electron chi connectivity index (χ0n) is 23.7. The SMILES string of the molecule is CC1(S(=O)(=O)NC(=O)[C@@]23C[C@@H]2/C=C\CCCCC[C@H](N)C(=O)N2C[C@H](Oc4nc5ccccc5[nH]4)C[C@H]2C(=O)N3)CC1. The Balaban J connectivity index is 1.25. The van der Waals surface area contributed by atoms with Crippen molar-refractivity contribution in [3.63, 3.8) is 0 Å². The van der Waals surface area contributed by atoms with E-state index in [9.17, 15) is 22.8 Å². The van der Waals surface area contributed by atoms with Crippen LogP contribution in [0.3, 0.4) is 0 Å². The monoisotopic (exact) mass is 598 g/mol. The predicted molar refractivity (Wildman–Crippen MR) is 155 cm³/mol. The number of nitrogens with one attached hydrogen (secondary N) is 3. The fourth-order valence-corrected chi connectivity index (χ4v) is 7.30. The second kappa shape index (κ2) is 10.7. The first-order chi connectivity index (χ1) is 20.0. The van der Waals surface area contributed by atoms with Gasteiger partial charge in [0.2, 0.25) is 21.8 Å². The molecule has 1 saturated heterocycles. The number of sulfonamides is 1. The lowest BCUT2D eigenvalue weighted by atomic mass is 10.1. The minimum atomic E-state index is -3.90. The molecule has 12 nitrogen and oxygen atoms in total. The average molecular weight is 599 g/mol. The normalized spacial score (nSPS) is 32.1. The van der Waals surface area contributed by atoms with Gasteiger partial charge in [0.1, 0.15) is 17.7 Å². The number of imidazole rings is 1. The van der Waals surface area contributed by atoms with E-state index in [0.29, 0.717) is 19.3 Å². The van der Waals surface area contributed by atoms with Gasteiger partial charge in [-0.3, -0.25) is 19.1 Å². The summed E-state index contributed by atoms with van der Waals surface area (Å²) < 4.78 is 33.2. The van der Waals surface area contributed by atoms with Crippen LogP contribution in [0, 0.1) is 5.92 Å². The minimum absolute atomic E-state index is 0.122. The van der Waals surface area contributed by atoms with Gasteiger partial charge in [0.05, 0.1) is 28.4 Å². The Bertz CT molecular complexity index is 1500. The van der Waals surface area contributed by atoms with Gasteiger partial charge in [-0.05, 0) is 57.6 Å². The van der Waals surface area contributed by atoms with E-state index in [1.54, 1.807) is 6.92 Å². The van der Waals surface area contributed by atoms with E-state index >= 15 is 0 Å². The molecule has 5 N–H and O–H groups in total. The van der Waals surface area contributed by atoms with Gasteiger partial charge in [0, 0.05) is 12.3 Å². The standard InChI is InChI=1S/C29H38N6O6S/c1-28(13-14-28)42(39,40)34-26(38)29-16-18(29)9-5-3-2-4-6-10-20(30)25(37)35-17-19(15-23(35)24(36)33-29)41-27-31-21-11-7-8-12-22(21)32-27/h5,7-9,11-12,18-20,23H,2-4,6,10,13-17,30H2,1H3,(H,31,32)(H,33,36)(H,34,38)/b9-5-/t18-,19+,20-,23-,29+/m0/s1. The van der Waals surface area contributed by atoms with Crippen molar-refractivity contribution in [3.05, 3.63) is 36.4 Å². The van der Waals surface area contributed by atoms with Crippen LogP contribution in [0.2, 0.25) is 0 Å². The number of H-pyrrole nitrogens is 1. The number of benzene rings is 1. The summed E-state index contributed by atoms with van der Waals surface area (Å²) in [7, 11) is -3.90. The molecule has 0 radical (unpaired) electrons. The summed E-state index contributed by atoms with van der Waals surface area (Å²) in [5.74, 6) is -1.99. The molecule has 3 amide bonds. The fourth-order valence-electron chi connectivity index (χ4n) is 5.98. The Morgan fingerprint density at radius 3 is 2.74 bits per heavy atom. The number of para-hydroxylation sites is 2. The molecule has 1 aromatic carbocycles. The number of aromatic amines is 1. The van der Waals surface area contributed by atoms with E-state index in [-0.39, 0.29) is 37.2 Å². The molecule has 4 aliphatic rings. The zero-order chi connectivity index (χ0) is 29.7. The molecule has 0 spiro atoms. The summed E-state index contributed by atoms with van der Waals surface area (Å²) in [4.78, 5) is 49.9. The highest BCUT2D eigenvalue weighted by molar-refractivity contribution is 7.91. The maximum Gasteiger partial charge on any atom is 0.294 e. The van der Waals surface area contributed by atoms with Gasteiger partial charge in [-0.2, -0.15) is 4.98 Å². The van der Waals surface area contributed by atoms with E-state index < -0.39 is 50.3 Å². The van der Waals surface area contributed by atoms with Gasteiger partial charge in [0.15, 0.2) is 0 Å². The predicted octanol–water partition coefficient (Wildman–Crippen LogP) is 1.63. The van der Waals surface area contributed by atoms with Crippen LogP contribution in [-0.2, 0) is 24.4 Å². The van der Waals surface area contributed by atoms with Crippen LogP contribution in [-0.4, -0.2) is 76.0 Å². The summed E-state index contributed by atoms with van der Waals surface area (Å²) in [6.07, 6.45) is 8.53. The third-order valence-electron chi connectivity index (χ3n) is 9.16. The Hall–Kier alpha value is -3.45. The number of hydrogen-bond donors (Lipinski definition) is 4. The first kappa shape index (κ1) is 28.7. The summed E-state index contributed by atoms with van der Waals surface area (Å²) in [5, 5.41) is 2.86. The molecule has 2 aliphatic heterocycles. The minimum Gasteiger partial charge on any atom is -0.459 e. The molecule has 13 heteroatoms. The molecule has 5 atom stereocenters. The largest absolute Gasteiger partial charge is 0.459 e. The molecular weight excluding hydrogens is 560 g/mol.